The second kappa shape index (κ2) is 13.8. The largest absolute Gasteiger partial charge is 0.481 e. The summed E-state index contributed by atoms with van der Waals surface area (Å²) in [5.74, 6) is -0.875. The predicted molar refractivity (Wildman–Crippen MR) is 148 cm³/mol. The zero-order valence-electron chi connectivity index (χ0n) is 22.5. The number of fused-ring (bicyclic) bond motifs is 1. The van der Waals surface area contributed by atoms with E-state index in [1.807, 2.05) is 0 Å². The molecule has 1 aromatic carbocycles. The topological polar surface area (TPSA) is 343 Å². The number of phosphoric ester groups is 1. The fraction of sp³-hybridized carbons (Fsp3) is 0.400. The van der Waals surface area contributed by atoms with E-state index in [0.29, 0.717) is 0 Å². The number of nitrogens with zero attached hydrogens (tertiary/aromatic N) is 8. The van der Waals surface area contributed by atoms with Gasteiger partial charge in [0, 0.05) is 29.6 Å². The van der Waals surface area contributed by atoms with E-state index in [9.17, 15) is 34.0 Å². The summed E-state index contributed by atoms with van der Waals surface area (Å²) in [5.41, 5.74) is 14.3. The van der Waals surface area contributed by atoms with E-state index in [-0.39, 0.29) is 53.4 Å². The molecule has 1 aliphatic heterocycles. The fourth-order valence-electron chi connectivity index (χ4n) is 4.21. The van der Waals surface area contributed by atoms with Gasteiger partial charge < -0.3 is 40.3 Å². The molecule has 0 saturated carbocycles. The molecule has 3 aromatic rings. The first-order valence-electron chi connectivity index (χ1n) is 12.5. The second-order valence-corrected chi connectivity index (χ2v) is 11.9. The molecule has 0 amide bonds. The molecule has 5 atom stereocenters. The van der Waals surface area contributed by atoms with Gasteiger partial charge in [-0.2, -0.15) is 4.31 Å². The monoisotopic (exact) mass is 674 g/mol. The SMILES string of the molecule is [N-]=[N+]=Nc1ccc(NCCCC(=O)O[C@H]2[C@@H](O)[C@H](n3cnc4c(N)ncnc43)O[C@@H]2COP(=O)(O)OP(=O)(O)O)c([N+](=O)[O-])c1. The van der Waals surface area contributed by atoms with Crippen LogP contribution in [-0.4, -0.2) is 81.7 Å². The van der Waals surface area contributed by atoms with Crippen LogP contribution in [-0.2, 0) is 32.2 Å². The third kappa shape index (κ3) is 8.47. The van der Waals surface area contributed by atoms with Crippen LogP contribution in [0.25, 0.3) is 21.6 Å². The molecule has 242 valence electrons. The van der Waals surface area contributed by atoms with Crippen molar-refractivity contribution in [3.05, 3.63) is 51.4 Å². The molecule has 0 aliphatic carbocycles. The van der Waals surface area contributed by atoms with Crippen molar-refractivity contribution in [3.8, 4) is 0 Å². The van der Waals surface area contributed by atoms with E-state index in [0.717, 1.165) is 12.4 Å². The quantitative estimate of drug-likeness (QED) is 0.0206. The van der Waals surface area contributed by atoms with Crippen molar-refractivity contribution in [2.24, 2.45) is 5.11 Å². The van der Waals surface area contributed by atoms with Crippen LogP contribution in [0.4, 0.5) is 22.9 Å². The van der Waals surface area contributed by atoms with Gasteiger partial charge >= 0.3 is 21.6 Å². The van der Waals surface area contributed by atoms with Crippen LogP contribution in [0.3, 0.4) is 0 Å². The molecule has 7 N–H and O–H groups in total. The number of azide groups is 1. The number of aliphatic hydroxyl groups is 1. The van der Waals surface area contributed by atoms with Gasteiger partial charge in [-0.1, -0.05) is 11.2 Å². The van der Waals surface area contributed by atoms with Gasteiger partial charge in [0.2, 0.25) is 0 Å². The number of nitrogens with two attached hydrogens (primary N) is 1. The number of rotatable bonds is 14. The molecule has 1 fully saturated rings. The van der Waals surface area contributed by atoms with Crippen molar-refractivity contribution in [2.45, 2.75) is 37.4 Å². The van der Waals surface area contributed by atoms with Gasteiger partial charge in [0.05, 0.1) is 17.9 Å². The Hall–Kier alpha value is -4.27. The minimum absolute atomic E-state index is 0.00968. The van der Waals surface area contributed by atoms with Gasteiger partial charge in [-0.15, -0.1) is 0 Å². The normalized spacial score (nSPS) is 21.2. The maximum Gasteiger partial charge on any atom is 0.481 e. The molecule has 45 heavy (non-hydrogen) atoms. The number of ether oxygens (including phenoxy) is 2. The number of nitro benzene ring substituents is 1. The van der Waals surface area contributed by atoms with Crippen LogP contribution in [0.2, 0.25) is 0 Å². The standard InChI is InChI=1S/C20H24N10O13P2/c21-18-15-19(25-8-24-18)29(9-26-15)20-16(32)17(13(41-20)7-40-45(38,39)43-44(35,36)37)42-14(31)2-1-5-23-11-4-3-10(27-28-22)6-12(11)30(33)34/h3-4,6,8-9,13,16-17,20,23,32H,1-2,5,7H2,(H,38,39)(H2,21,24,25)(H2,35,36,37)/t13-,16-,17-,20-/m1/s1. The second-order valence-electron chi connectivity index (χ2n) is 9.11. The van der Waals surface area contributed by atoms with Crippen molar-refractivity contribution in [2.75, 3.05) is 24.2 Å². The molecular weight excluding hydrogens is 650 g/mol. The van der Waals surface area contributed by atoms with Gasteiger partial charge in [-0.25, -0.2) is 24.1 Å². The number of hydrogen-bond acceptors (Lipinski definition) is 16. The summed E-state index contributed by atoms with van der Waals surface area (Å²) in [4.78, 5) is 65.3. The lowest BCUT2D eigenvalue weighted by Gasteiger charge is -2.21. The Kier molecular flexibility index (Phi) is 10.3. The summed E-state index contributed by atoms with van der Waals surface area (Å²) < 4.78 is 43.7. The van der Waals surface area contributed by atoms with Crippen molar-refractivity contribution in [1.82, 2.24) is 19.5 Å². The Morgan fingerprint density at radius 1 is 1.29 bits per heavy atom. The van der Waals surface area contributed by atoms with Crippen LogP contribution in [0.5, 0.6) is 0 Å². The first kappa shape index (κ1) is 33.6. The summed E-state index contributed by atoms with van der Waals surface area (Å²) in [5, 5.41) is 28.5. The minimum atomic E-state index is -5.45. The first-order chi connectivity index (χ1) is 21.2. The van der Waals surface area contributed by atoms with Crippen molar-refractivity contribution in [3.63, 3.8) is 0 Å². The molecule has 3 heterocycles. The van der Waals surface area contributed by atoms with Crippen LogP contribution >= 0.6 is 15.6 Å². The average molecular weight is 674 g/mol. The maximum atomic E-state index is 12.7. The van der Waals surface area contributed by atoms with Gasteiger partial charge in [-0.05, 0) is 18.0 Å². The van der Waals surface area contributed by atoms with Gasteiger partial charge in [-0.3, -0.25) is 24.0 Å². The Morgan fingerprint density at radius 3 is 2.73 bits per heavy atom. The van der Waals surface area contributed by atoms with Crippen LogP contribution in [0.1, 0.15) is 19.1 Å². The summed E-state index contributed by atoms with van der Waals surface area (Å²) in [7, 11) is -10.8. The Bertz CT molecular complexity index is 1730. The lowest BCUT2D eigenvalue weighted by molar-refractivity contribution is -0.383. The van der Waals surface area contributed by atoms with E-state index < -0.39 is 57.7 Å². The third-order valence-corrected chi connectivity index (χ3v) is 8.21. The molecule has 1 aliphatic rings. The number of anilines is 2. The average Bonchev–Trinajstić information content (AvgIpc) is 3.51. The number of esters is 1. The highest BCUT2D eigenvalue weighted by Gasteiger charge is 2.49. The summed E-state index contributed by atoms with van der Waals surface area (Å²) in [6, 6.07) is 3.74. The van der Waals surface area contributed by atoms with E-state index in [1.54, 1.807) is 0 Å². The number of nitrogens with one attached hydrogen (secondary N) is 1. The lowest BCUT2D eigenvalue weighted by atomic mass is 10.1. The number of imidazole rings is 1. The number of hydrogen-bond donors (Lipinski definition) is 6. The molecule has 2 aromatic heterocycles. The van der Waals surface area contributed by atoms with E-state index in [4.69, 9.17) is 30.5 Å². The molecule has 0 radical (unpaired) electrons. The van der Waals surface area contributed by atoms with Crippen molar-refractivity contribution in [1.29, 1.82) is 0 Å². The molecule has 4 rings (SSSR count). The zero-order valence-corrected chi connectivity index (χ0v) is 24.3. The third-order valence-electron chi connectivity index (χ3n) is 6.06. The van der Waals surface area contributed by atoms with Crippen LogP contribution < -0.4 is 11.1 Å². The molecule has 0 bridgehead atoms. The molecule has 23 nitrogen and oxygen atoms in total. The van der Waals surface area contributed by atoms with Gasteiger partial charge in [0.15, 0.2) is 23.8 Å². The highest BCUT2D eigenvalue weighted by atomic mass is 31.3. The number of aromatic nitrogens is 4. The van der Waals surface area contributed by atoms with Gasteiger partial charge in [0.1, 0.15) is 29.7 Å². The lowest BCUT2D eigenvalue weighted by Crippen LogP contribution is -2.38. The number of carbonyl (C=O) groups excluding carboxylic acids is 1. The number of nitrogen functional groups attached to an aromatic ring is 1. The van der Waals surface area contributed by atoms with Crippen LogP contribution in [0.15, 0.2) is 36.0 Å². The highest BCUT2D eigenvalue weighted by Crippen LogP contribution is 2.57. The van der Waals surface area contributed by atoms with Gasteiger partial charge in [0.25, 0.3) is 5.69 Å². The number of nitro groups is 1. The zero-order chi connectivity index (χ0) is 32.9. The first-order valence-corrected chi connectivity index (χ1v) is 15.5. The molecule has 1 saturated heterocycles. The molecular formula is C20H24N10O13P2. The fourth-order valence-corrected chi connectivity index (χ4v) is 5.81. The molecule has 25 heteroatoms. The Labute approximate surface area is 250 Å². The van der Waals surface area contributed by atoms with E-state index in [1.165, 1.54) is 23.0 Å². The predicted octanol–water partition coefficient (Wildman–Crippen LogP) is 1.55. The van der Waals surface area contributed by atoms with E-state index in [2.05, 4.69) is 39.1 Å². The van der Waals surface area contributed by atoms with Crippen molar-refractivity contribution < 1.29 is 56.9 Å². The highest BCUT2D eigenvalue weighted by molar-refractivity contribution is 7.60. The minimum Gasteiger partial charge on any atom is -0.457 e. The molecule has 1 unspecified atom stereocenters. The van der Waals surface area contributed by atoms with Crippen LogP contribution in [0, 0.1) is 10.1 Å². The summed E-state index contributed by atoms with van der Waals surface area (Å²) in [6.45, 7) is -0.897. The maximum absolute atomic E-state index is 12.7. The summed E-state index contributed by atoms with van der Waals surface area (Å²) >= 11 is 0. The summed E-state index contributed by atoms with van der Waals surface area (Å²) in [6.07, 6.45) is -3.96. The number of benzene rings is 1. The molecule has 0 spiro atoms. The van der Waals surface area contributed by atoms with E-state index >= 15 is 0 Å². The number of phosphoric acid groups is 2. The Morgan fingerprint density at radius 2 is 2.04 bits per heavy atom. The Balaban J connectivity index is 1.44. The smallest absolute Gasteiger partial charge is 0.457 e. The number of aliphatic hydroxyl groups excluding tert-OH is 1. The number of carbonyl (C=O) groups is 1. The van der Waals surface area contributed by atoms with Crippen molar-refractivity contribution >= 4 is 55.7 Å².